The summed E-state index contributed by atoms with van der Waals surface area (Å²) in [4.78, 5) is 0. The topological polar surface area (TPSA) is 38.7 Å². The van der Waals surface area contributed by atoms with Gasteiger partial charge >= 0.3 is 0 Å². The summed E-state index contributed by atoms with van der Waals surface area (Å²) in [6.45, 7) is 8.78. The molecule has 1 saturated heterocycles. The van der Waals surface area contributed by atoms with Gasteiger partial charge in [0.25, 0.3) is 0 Å². The number of hydrogen-bond donors (Lipinski definition) is 1. The molecule has 0 unspecified atom stereocenters. The van der Waals surface area contributed by atoms with E-state index in [9.17, 15) is 5.11 Å². The quantitative estimate of drug-likeness (QED) is 0.748. The highest BCUT2D eigenvalue weighted by atomic mass is 16.7. The van der Waals surface area contributed by atoms with Crippen LogP contribution < -0.4 is 0 Å². The van der Waals surface area contributed by atoms with Crippen molar-refractivity contribution in [1.29, 1.82) is 0 Å². The number of allylic oxidation sites excluding steroid dienone is 1. The van der Waals surface area contributed by atoms with Gasteiger partial charge in [-0.05, 0) is 25.7 Å². The van der Waals surface area contributed by atoms with Gasteiger partial charge in [0.2, 0.25) is 0 Å². The van der Waals surface area contributed by atoms with E-state index in [2.05, 4.69) is 13.2 Å². The van der Waals surface area contributed by atoms with E-state index >= 15 is 0 Å². The second-order valence-electron chi connectivity index (χ2n) is 4.99. The maximum Gasteiger partial charge on any atom is 0.176 e. The average Bonchev–Trinajstić information content (AvgIpc) is 2.91. The molecule has 1 aliphatic heterocycles. The highest BCUT2D eigenvalue weighted by Gasteiger charge is 2.61. The molecule has 0 aromatic rings. The lowest BCUT2D eigenvalue weighted by atomic mass is 9.72. The SMILES string of the molecule is C=CC[C@@H](O)[C@@]1(CC=C)CCCC12OCCO2. The van der Waals surface area contributed by atoms with Crippen molar-refractivity contribution in [2.24, 2.45) is 5.41 Å². The number of aliphatic hydroxyl groups is 1. The first-order valence-electron chi connectivity index (χ1n) is 6.38. The molecule has 1 saturated carbocycles. The standard InChI is InChI=1S/C14H22O3/c1-3-6-12(15)13(7-4-2)8-5-9-14(13)16-10-11-17-14/h3-4,12,15H,1-2,5-11H2/t12-,13-/m1/s1. The first kappa shape index (κ1) is 12.8. The Morgan fingerprint density at radius 3 is 2.47 bits per heavy atom. The summed E-state index contributed by atoms with van der Waals surface area (Å²) in [5, 5.41) is 10.5. The molecule has 17 heavy (non-hydrogen) atoms. The minimum atomic E-state index is -0.594. The van der Waals surface area contributed by atoms with Crippen molar-refractivity contribution in [3.8, 4) is 0 Å². The molecule has 96 valence electrons. The van der Waals surface area contributed by atoms with E-state index in [1.165, 1.54) is 0 Å². The Labute approximate surface area is 103 Å². The second kappa shape index (κ2) is 4.92. The number of aliphatic hydroxyl groups excluding tert-OH is 1. The van der Waals surface area contributed by atoms with Crippen LogP contribution in [0.25, 0.3) is 0 Å². The zero-order valence-electron chi connectivity index (χ0n) is 10.4. The molecule has 1 heterocycles. The van der Waals surface area contributed by atoms with Crippen LogP contribution in [0.5, 0.6) is 0 Å². The van der Waals surface area contributed by atoms with Gasteiger partial charge in [-0.1, -0.05) is 12.2 Å². The Balaban J connectivity index is 2.30. The molecular formula is C14H22O3. The van der Waals surface area contributed by atoms with Crippen molar-refractivity contribution in [3.05, 3.63) is 25.3 Å². The molecular weight excluding hydrogens is 216 g/mol. The number of rotatable bonds is 5. The summed E-state index contributed by atoms with van der Waals surface area (Å²) < 4.78 is 11.7. The fourth-order valence-electron chi connectivity index (χ4n) is 3.42. The van der Waals surface area contributed by atoms with Crippen LogP contribution in [0.2, 0.25) is 0 Å². The first-order valence-corrected chi connectivity index (χ1v) is 6.38. The Morgan fingerprint density at radius 2 is 1.88 bits per heavy atom. The van der Waals surface area contributed by atoms with Crippen molar-refractivity contribution >= 4 is 0 Å². The Kier molecular flexibility index (Phi) is 3.71. The van der Waals surface area contributed by atoms with Crippen LogP contribution >= 0.6 is 0 Å². The van der Waals surface area contributed by atoms with Gasteiger partial charge in [-0.2, -0.15) is 0 Å². The molecule has 0 amide bonds. The third-order valence-electron chi connectivity index (χ3n) is 4.18. The van der Waals surface area contributed by atoms with Crippen LogP contribution in [-0.2, 0) is 9.47 Å². The lowest BCUT2D eigenvalue weighted by molar-refractivity contribution is -0.247. The van der Waals surface area contributed by atoms with Crippen LogP contribution in [0.15, 0.2) is 25.3 Å². The lowest BCUT2D eigenvalue weighted by Crippen LogP contribution is -2.52. The molecule has 0 aromatic carbocycles. The Hall–Kier alpha value is -0.640. The minimum Gasteiger partial charge on any atom is -0.392 e. The van der Waals surface area contributed by atoms with Crippen LogP contribution in [0, 0.1) is 5.41 Å². The zero-order chi connectivity index (χ0) is 12.4. The Bertz CT molecular complexity index is 288. The van der Waals surface area contributed by atoms with Crippen molar-refractivity contribution in [3.63, 3.8) is 0 Å². The molecule has 1 spiro atoms. The smallest absolute Gasteiger partial charge is 0.176 e. The van der Waals surface area contributed by atoms with Crippen LogP contribution in [0.4, 0.5) is 0 Å². The molecule has 2 rings (SSSR count). The van der Waals surface area contributed by atoms with Gasteiger partial charge in [-0.3, -0.25) is 0 Å². The fraction of sp³-hybridized carbons (Fsp3) is 0.714. The van der Waals surface area contributed by atoms with Crippen LogP contribution in [-0.4, -0.2) is 30.2 Å². The largest absolute Gasteiger partial charge is 0.392 e. The summed E-state index contributed by atoms with van der Waals surface area (Å²) in [7, 11) is 0. The summed E-state index contributed by atoms with van der Waals surface area (Å²) >= 11 is 0. The number of ether oxygens (including phenoxy) is 2. The number of hydrogen-bond acceptors (Lipinski definition) is 3. The third-order valence-corrected chi connectivity index (χ3v) is 4.18. The molecule has 0 bridgehead atoms. The Morgan fingerprint density at radius 1 is 1.18 bits per heavy atom. The monoisotopic (exact) mass is 238 g/mol. The van der Waals surface area contributed by atoms with Crippen LogP contribution in [0.3, 0.4) is 0 Å². The zero-order valence-corrected chi connectivity index (χ0v) is 10.4. The highest BCUT2D eigenvalue weighted by molar-refractivity contribution is 5.08. The van der Waals surface area contributed by atoms with E-state index in [1.807, 2.05) is 6.08 Å². The van der Waals surface area contributed by atoms with E-state index < -0.39 is 11.9 Å². The van der Waals surface area contributed by atoms with E-state index in [0.717, 1.165) is 25.7 Å². The fourth-order valence-corrected chi connectivity index (χ4v) is 3.42. The summed E-state index contributed by atoms with van der Waals surface area (Å²) in [5.74, 6) is -0.594. The van der Waals surface area contributed by atoms with E-state index in [1.54, 1.807) is 6.08 Å². The van der Waals surface area contributed by atoms with Gasteiger partial charge in [0.15, 0.2) is 5.79 Å². The molecule has 1 N–H and O–H groups in total. The van der Waals surface area contributed by atoms with Gasteiger partial charge in [-0.25, -0.2) is 0 Å². The molecule has 0 radical (unpaired) electrons. The second-order valence-corrected chi connectivity index (χ2v) is 4.99. The van der Waals surface area contributed by atoms with Gasteiger partial charge in [0.1, 0.15) is 0 Å². The maximum absolute atomic E-state index is 10.5. The molecule has 2 atom stereocenters. The third kappa shape index (κ3) is 1.86. The molecule has 3 nitrogen and oxygen atoms in total. The normalized spacial score (nSPS) is 32.8. The van der Waals surface area contributed by atoms with Crippen molar-refractivity contribution in [2.45, 2.75) is 44.0 Å². The van der Waals surface area contributed by atoms with Crippen LogP contribution in [0.1, 0.15) is 32.1 Å². The van der Waals surface area contributed by atoms with E-state index in [-0.39, 0.29) is 5.41 Å². The molecule has 1 aliphatic carbocycles. The molecule has 0 aromatic heterocycles. The maximum atomic E-state index is 10.5. The highest BCUT2D eigenvalue weighted by Crippen LogP contribution is 2.56. The summed E-state index contributed by atoms with van der Waals surface area (Å²) in [5.41, 5.74) is -0.348. The molecule has 2 fully saturated rings. The minimum absolute atomic E-state index is 0.348. The predicted molar refractivity (Wildman–Crippen MR) is 66.6 cm³/mol. The van der Waals surface area contributed by atoms with Gasteiger partial charge in [0, 0.05) is 6.42 Å². The van der Waals surface area contributed by atoms with Gasteiger partial charge < -0.3 is 14.6 Å². The van der Waals surface area contributed by atoms with Crippen molar-refractivity contribution in [1.82, 2.24) is 0 Å². The first-order chi connectivity index (χ1) is 8.21. The van der Waals surface area contributed by atoms with Gasteiger partial charge in [0.05, 0.1) is 24.7 Å². The summed E-state index contributed by atoms with van der Waals surface area (Å²) in [6, 6.07) is 0. The van der Waals surface area contributed by atoms with E-state index in [4.69, 9.17) is 9.47 Å². The predicted octanol–water partition coefficient (Wildman–Crippen LogP) is 2.41. The van der Waals surface area contributed by atoms with Crippen molar-refractivity contribution in [2.75, 3.05) is 13.2 Å². The average molecular weight is 238 g/mol. The molecule has 2 aliphatic rings. The summed E-state index contributed by atoms with van der Waals surface area (Å²) in [6.07, 6.45) is 7.27. The van der Waals surface area contributed by atoms with E-state index in [0.29, 0.717) is 19.6 Å². The molecule has 3 heteroatoms. The van der Waals surface area contributed by atoms with Gasteiger partial charge in [-0.15, -0.1) is 13.2 Å². The van der Waals surface area contributed by atoms with Crippen molar-refractivity contribution < 1.29 is 14.6 Å². The lowest BCUT2D eigenvalue weighted by Gasteiger charge is -2.44.